The van der Waals surface area contributed by atoms with E-state index in [2.05, 4.69) is 35.2 Å². The average molecular weight is 231 g/mol. The van der Waals surface area contributed by atoms with E-state index in [4.69, 9.17) is 0 Å². The van der Waals surface area contributed by atoms with Gasteiger partial charge in [0.1, 0.15) is 0 Å². The fourth-order valence-corrected chi connectivity index (χ4v) is 3.32. The molecule has 0 aromatic heterocycles. The Morgan fingerprint density at radius 3 is 2.41 bits per heavy atom. The highest BCUT2D eigenvalue weighted by Gasteiger charge is 2.34. The van der Waals surface area contributed by atoms with Gasteiger partial charge in [0, 0.05) is 12.1 Å². The lowest BCUT2D eigenvalue weighted by Gasteiger charge is -2.38. The molecule has 2 fully saturated rings. The van der Waals surface area contributed by atoms with Gasteiger partial charge in [-0.05, 0) is 44.2 Å². The van der Waals surface area contributed by atoms with Gasteiger partial charge in [-0.25, -0.2) is 0 Å². The predicted molar refractivity (Wildman–Crippen MR) is 74.1 cm³/mol. The Kier molecular flexibility index (Phi) is 4.61. The minimum Gasteiger partial charge on any atom is -0.293 e. The second-order valence-corrected chi connectivity index (χ2v) is 4.89. The zero-order valence-corrected chi connectivity index (χ0v) is 11.2. The van der Waals surface area contributed by atoms with Gasteiger partial charge in [0.2, 0.25) is 0 Å². The van der Waals surface area contributed by atoms with Crippen molar-refractivity contribution in [2.75, 3.05) is 6.54 Å². The lowest BCUT2D eigenvalue weighted by molar-refractivity contribution is 0.123. The Morgan fingerprint density at radius 2 is 1.65 bits per heavy atom. The van der Waals surface area contributed by atoms with Crippen LogP contribution in [0.3, 0.4) is 0 Å². The molecule has 0 saturated carbocycles. The van der Waals surface area contributed by atoms with Crippen molar-refractivity contribution < 1.29 is 0 Å². The van der Waals surface area contributed by atoms with Gasteiger partial charge in [0.05, 0.1) is 0 Å². The van der Waals surface area contributed by atoms with E-state index >= 15 is 0 Å². The normalized spacial score (nSPS) is 28.1. The van der Waals surface area contributed by atoms with Crippen LogP contribution in [0.5, 0.6) is 0 Å². The van der Waals surface area contributed by atoms with E-state index in [0.29, 0.717) is 6.04 Å². The largest absolute Gasteiger partial charge is 0.293 e. The highest BCUT2D eigenvalue weighted by molar-refractivity contribution is 5.20. The Morgan fingerprint density at radius 1 is 0.941 bits per heavy atom. The molecule has 2 aliphatic heterocycles. The fourth-order valence-electron chi connectivity index (χ4n) is 3.32. The van der Waals surface area contributed by atoms with Crippen molar-refractivity contribution in [3.05, 3.63) is 35.9 Å². The Bertz CT molecular complexity index is 320. The molecule has 1 aromatic rings. The zero-order chi connectivity index (χ0) is 12.1. The minimum absolute atomic E-state index is 0.715. The first-order chi connectivity index (χ1) is 8.45. The molecular formula is C16H25N. The summed E-state index contributed by atoms with van der Waals surface area (Å²) in [6.45, 7) is 5.32. The van der Waals surface area contributed by atoms with Gasteiger partial charge in [-0.3, -0.25) is 4.90 Å². The lowest BCUT2D eigenvalue weighted by Crippen LogP contribution is -2.37. The maximum atomic E-state index is 2.75. The van der Waals surface area contributed by atoms with Gasteiger partial charge < -0.3 is 0 Å². The second-order valence-electron chi connectivity index (χ2n) is 4.89. The van der Waals surface area contributed by atoms with Gasteiger partial charge in [-0.15, -0.1) is 0 Å². The number of rotatable bonds is 1. The van der Waals surface area contributed by atoms with Crippen molar-refractivity contribution >= 4 is 0 Å². The molecule has 3 rings (SSSR count). The molecule has 2 atom stereocenters. The second kappa shape index (κ2) is 6.20. The summed E-state index contributed by atoms with van der Waals surface area (Å²) >= 11 is 0. The van der Waals surface area contributed by atoms with Crippen LogP contribution in [0.15, 0.2) is 30.3 Å². The molecule has 1 nitrogen and oxygen atoms in total. The molecule has 2 saturated heterocycles. The third-order valence-electron chi connectivity index (χ3n) is 4.02. The van der Waals surface area contributed by atoms with Crippen LogP contribution in [-0.2, 0) is 0 Å². The van der Waals surface area contributed by atoms with Crippen molar-refractivity contribution in [3.8, 4) is 0 Å². The smallest absolute Gasteiger partial charge is 0.0351 e. The summed E-state index contributed by atoms with van der Waals surface area (Å²) in [5.41, 5.74) is 1.53. The van der Waals surface area contributed by atoms with E-state index in [-0.39, 0.29) is 0 Å². The van der Waals surface area contributed by atoms with Crippen LogP contribution in [0, 0.1) is 0 Å². The summed E-state index contributed by atoms with van der Waals surface area (Å²) < 4.78 is 0. The highest BCUT2D eigenvalue weighted by Crippen LogP contribution is 2.38. The van der Waals surface area contributed by atoms with Crippen LogP contribution in [0.1, 0.15) is 57.6 Å². The van der Waals surface area contributed by atoms with Gasteiger partial charge in [0.25, 0.3) is 0 Å². The third-order valence-corrected chi connectivity index (χ3v) is 4.02. The monoisotopic (exact) mass is 231 g/mol. The minimum atomic E-state index is 0.715. The van der Waals surface area contributed by atoms with Crippen LogP contribution in [-0.4, -0.2) is 17.5 Å². The van der Waals surface area contributed by atoms with Gasteiger partial charge in [-0.2, -0.15) is 0 Å². The molecule has 0 N–H and O–H groups in total. The molecule has 2 unspecified atom stereocenters. The third kappa shape index (κ3) is 2.71. The summed E-state index contributed by atoms with van der Waals surface area (Å²) in [5.74, 6) is 0. The number of piperidine rings is 1. The van der Waals surface area contributed by atoms with Crippen molar-refractivity contribution in [1.82, 2.24) is 4.90 Å². The first-order valence-corrected chi connectivity index (χ1v) is 7.26. The Labute approximate surface area is 106 Å². The van der Waals surface area contributed by atoms with Crippen LogP contribution >= 0.6 is 0 Å². The molecule has 1 heteroatoms. The van der Waals surface area contributed by atoms with E-state index in [0.717, 1.165) is 6.04 Å². The van der Waals surface area contributed by atoms with Crippen molar-refractivity contribution in [2.24, 2.45) is 0 Å². The van der Waals surface area contributed by atoms with Gasteiger partial charge in [0.15, 0.2) is 0 Å². The number of hydrogen-bond donors (Lipinski definition) is 0. The van der Waals surface area contributed by atoms with Crippen LogP contribution in [0.25, 0.3) is 0 Å². The maximum absolute atomic E-state index is 2.75. The molecule has 1 aromatic carbocycles. The topological polar surface area (TPSA) is 3.24 Å². The van der Waals surface area contributed by atoms with E-state index in [1.807, 2.05) is 13.8 Å². The maximum Gasteiger partial charge on any atom is 0.0351 e. The molecule has 0 bridgehead atoms. The molecule has 0 amide bonds. The Hall–Kier alpha value is -0.820. The number of nitrogens with zero attached hydrogens (tertiary/aromatic N) is 1. The first kappa shape index (κ1) is 12.6. The number of benzene rings is 1. The average Bonchev–Trinajstić information content (AvgIpc) is 2.90. The van der Waals surface area contributed by atoms with E-state index < -0.39 is 0 Å². The molecule has 2 heterocycles. The Balaban J connectivity index is 0.000000514. The molecule has 2 aliphatic rings. The van der Waals surface area contributed by atoms with Crippen LogP contribution < -0.4 is 0 Å². The summed E-state index contributed by atoms with van der Waals surface area (Å²) in [4.78, 5) is 2.75. The summed E-state index contributed by atoms with van der Waals surface area (Å²) in [7, 11) is 0. The quantitative estimate of drug-likeness (QED) is 0.692. The summed E-state index contributed by atoms with van der Waals surface area (Å²) in [6.07, 6.45) is 7.06. The van der Waals surface area contributed by atoms with Crippen molar-refractivity contribution in [2.45, 2.75) is 58.0 Å². The standard InChI is InChI=1S/C14H19N.C2H6/c1-2-6-12(7-3-1)14-10-4-8-13-9-5-11-15(13)14;1-2/h1-3,6-7,13-14H,4-5,8-11H2;1-2H3. The SMILES string of the molecule is CC.c1ccc(C2CCCC3CCCN32)cc1. The molecule has 94 valence electrons. The highest BCUT2D eigenvalue weighted by atomic mass is 15.2. The summed E-state index contributed by atoms with van der Waals surface area (Å²) in [5, 5.41) is 0. The number of fused-ring (bicyclic) bond motifs is 1. The van der Waals surface area contributed by atoms with E-state index in [1.165, 1.54) is 44.2 Å². The molecule has 0 radical (unpaired) electrons. The molecular weight excluding hydrogens is 206 g/mol. The van der Waals surface area contributed by atoms with Crippen LogP contribution in [0.2, 0.25) is 0 Å². The molecule has 0 spiro atoms. The zero-order valence-electron chi connectivity index (χ0n) is 11.2. The van der Waals surface area contributed by atoms with Crippen LogP contribution in [0.4, 0.5) is 0 Å². The van der Waals surface area contributed by atoms with Crippen molar-refractivity contribution in [3.63, 3.8) is 0 Å². The number of hydrogen-bond acceptors (Lipinski definition) is 1. The molecule has 17 heavy (non-hydrogen) atoms. The van der Waals surface area contributed by atoms with Gasteiger partial charge in [-0.1, -0.05) is 44.2 Å². The van der Waals surface area contributed by atoms with Crippen molar-refractivity contribution in [1.29, 1.82) is 0 Å². The molecule has 0 aliphatic carbocycles. The van der Waals surface area contributed by atoms with Gasteiger partial charge >= 0.3 is 0 Å². The van der Waals surface area contributed by atoms with E-state index in [1.54, 1.807) is 0 Å². The predicted octanol–water partition coefficient (Wildman–Crippen LogP) is 4.40. The fraction of sp³-hybridized carbons (Fsp3) is 0.625. The summed E-state index contributed by atoms with van der Waals surface area (Å²) in [6, 6.07) is 12.7. The van der Waals surface area contributed by atoms with E-state index in [9.17, 15) is 0 Å². The first-order valence-electron chi connectivity index (χ1n) is 7.26. The lowest BCUT2D eigenvalue weighted by atomic mass is 9.92.